The topological polar surface area (TPSA) is 71.5 Å². The number of aromatic nitrogens is 1. The van der Waals surface area contributed by atoms with Crippen molar-refractivity contribution in [2.75, 3.05) is 7.11 Å². The van der Waals surface area contributed by atoms with Crippen molar-refractivity contribution in [1.29, 1.82) is 0 Å². The molecule has 2 N–H and O–H groups in total. The number of aliphatic hydroxyl groups excluding tert-OH is 1. The second-order valence-electron chi connectivity index (χ2n) is 6.96. The molecular formula is C21H26N2O3. The fraction of sp³-hybridized carbons (Fsp3) is 0.429. The van der Waals surface area contributed by atoms with E-state index >= 15 is 0 Å². The van der Waals surface area contributed by atoms with Crippen LogP contribution in [0.5, 0.6) is 5.75 Å². The summed E-state index contributed by atoms with van der Waals surface area (Å²) in [6, 6.07) is 11.6. The lowest BCUT2D eigenvalue weighted by molar-refractivity contribution is 0.0713. The molecule has 0 spiro atoms. The minimum atomic E-state index is -0.462. The van der Waals surface area contributed by atoms with Crippen molar-refractivity contribution in [2.24, 2.45) is 0 Å². The number of pyridine rings is 1. The molecule has 1 aromatic heterocycles. The zero-order chi connectivity index (χ0) is 18.5. The molecule has 1 fully saturated rings. The maximum Gasteiger partial charge on any atom is 0.270 e. The molecule has 1 aliphatic carbocycles. The zero-order valence-electron chi connectivity index (χ0n) is 15.4. The lowest BCUT2D eigenvalue weighted by Gasteiger charge is -2.28. The number of hydrogen-bond donors (Lipinski definition) is 2. The molecular weight excluding hydrogens is 328 g/mol. The van der Waals surface area contributed by atoms with Crippen molar-refractivity contribution in [3.05, 3.63) is 58.9 Å². The standard InChI is InChI=1S/C21H26N2O3/c1-14-11-16(12-15-7-9-17(26-2)10-8-15)13-19(22-14)21(25)23-18-5-3-4-6-20(18)24/h7-11,13,18,20,24H,3-6,12H2,1-2H3,(H,23,25)/t18?,20-/m0/s1. The minimum Gasteiger partial charge on any atom is -0.497 e. The highest BCUT2D eigenvalue weighted by atomic mass is 16.5. The Morgan fingerprint density at radius 1 is 1.19 bits per heavy atom. The normalized spacial score (nSPS) is 19.8. The van der Waals surface area contributed by atoms with Crippen LogP contribution in [0.4, 0.5) is 0 Å². The summed E-state index contributed by atoms with van der Waals surface area (Å²) in [6.45, 7) is 1.89. The van der Waals surface area contributed by atoms with Crippen LogP contribution < -0.4 is 10.1 Å². The molecule has 1 amide bonds. The van der Waals surface area contributed by atoms with Crippen molar-refractivity contribution in [3.8, 4) is 5.75 Å². The van der Waals surface area contributed by atoms with Crippen molar-refractivity contribution in [2.45, 2.75) is 51.2 Å². The van der Waals surface area contributed by atoms with Gasteiger partial charge in [0, 0.05) is 5.69 Å². The van der Waals surface area contributed by atoms with E-state index in [0.29, 0.717) is 5.69 Å². The van der Waals surface area contributed by atoms with Crippen LogP contribution in [0.15, 0.2) is 36.4 Å². The molecule has 1 saturated carbocycles. The van der Waals surface area contributed by atoms with Crippen LogP contribution in [0, 0.1) is 6.92 Å². The third-order valence-corrected chi connectivity index (χ3v) is 4.86. The number of aliphatic hydroxyl groups is 1. The Hall–Kier alpha value is -2.40. The molecule has 3 rings (SSSR count). The number of ether oxygens (including phenoxy) is 1. The first-order chi connectivity index (χ1) is 12.5. The van der Waals surface area contributed by atoms with Gasteiger partial charge in [-0.3, -0.25) is 4.79 Å². The van der Waals surface area contributed by atoms with Crippen molar-refractivity contribution in [1.82, 2.24) is 10.3 Å². The molecule has 0 saturated heterocycles. The van der Waals surface area contributed by atoms with Gasteiger partial charge in [0.2, 0.25) is 0 Å². The van der Waals surface area contributed by atoms with Crippen LogP contribution in [-0.4, -0.2) is 35.3 Å². The summed E-state index contributed by atoms with van der Waals surface area (Å²) in [6.07, 6.45) is 3.87. The number of nitrogens with zero attached hydrogens (tertiary/aromatic N) is 1. The third-order valence-electron chi connectivity index (χ3n) is 4.86. The summed E-state index contributed by atoms with van der Waals surface area (Å²) >= 11 is 0. The van der Waals surface area contributed by atoms with Crippen LogP contribution in [0.3, 0.4) is 0 Å². The Morgan fingerprint density at radius 2 is 1.92 bits per heavy atom. The molecule has 2 atom stereocenters. The maximum absolute atomic E-state index is 12.6. The number of carbonyl (C=O) groups is 1. The molecule has 1 unspecified atom stereocenters. The molecule has 138 valence electrons. The van der Waals surface area contributed by atoms with Crippen LogP contribution in [0.1, 0.15) is 53.0 Å². The van der Waals surface area contributed by atoms with Crippen molar-refractivity contribution < 1.29 is 14.6 Å². The van der Waals surface area contributed by atoms with Gasteiger partial charge in [-0.2, -0.15) is 0 Å². The lowest BCUT2D eigenvalue weighted by Crippen LogP contribution is -2.45. The van der Waals surface area contributed by atoms with Gasteiger partial charge in [0.15, 0.2) is 0 Å². The van der Waals surface area contributed by atoms with E-state index in [9.17, 15) is 9.90 Å². The van der Waals surface area contributed by atoms with E-state index in [0.717, 1.165) is 54.7 Å². The van der Waals surface area contributed by atoms with E-state index in [1.54, 1.807) is 7.11 Å². The van der Waals surface area contributed by atoms with Gasteiger partial charge in [-0.15, -0.1) is 0 Å². The lowest BCUT2D eigenvalue weighted by atomic mass is 9.92. The first-order valence-electron chi connectivity index (χ1n) is 9.14. The Kier molecular flexibility index (Phi) is 5.89. The molecule has 0 bridgehead atoms. The summed E-state index contributed by atoms with van der Waals surface area (Å²) < 4.78 is 5.19. The smallest absolute Gasteiger partial charge is 0.270 e. The highest BCUT2D eigenvalue weighted by Crippen LogP contribution is 2.19. The van der Waals surface area contributed by atoms with E-state index < -0.39 is 6.10 Å². The molecule has 1 heterocycles. The molecule has 1 aromatic carbocycles. The van der Waals surface area contributed by atoms with E-state index in [2.05, 4.69) is 10.3 Å². The van der Waals surface area contributed by atoms with Gasteiger partial charge in [-0.25, -0.2) is 4.98 Å². The number of aryl methyl sites for hydroxylation is 1. The van der Waals surface area contributed by atoms with Crippen LogP contribution in [-0.2, 0) is 6.42 Å². The predicted molar refractivity (Wildman–Crippen MR) is 101 cm³/mol. The van der Waals surface area contributed by atoms with Gasteiger partial charge in [0.05, 0.1) is 19.3 Å². The third kappa shape index (κ3) is 4.61. The van der Waals surface area contributed by atoms with Gasteiger partial charge < -0.3 is 15.2 Å². The second-order valence-corrected chi connectivity index (χ2v) is 6.96. The Labute approximate surface area is 154 Å². The van der Waals surface area contributed by atoms with Crippen molar-refractivity contribution >= 4 is 5.91 Å². The van der Waals surface area contributed by atoms with E-state index in [4.69, 9.17) is 4.74 Å². The average Bonchev–Trinajstić information content (AvgIpc) is 2.64. The second kappa shape index (κ2) is 8.32. The molecule has 5 heteroatoms. The van der Waals surface area contributed by atoms with Crippen molar-refractivity contribution in [3.63, 3.8) is 0 Å². The van der Waals surface area contributed by atoms with Crippen LogP contribution in [0.25, 0.3) is 0 Å². The molecule has 0 radical (unpaired) electrons. The first kappa shape index (κ1) is 18.4. The summed E-state index contributed by atoms with van der Waals surface area (Å²) in [5.74, 6) is 0.612. The summed E-state index contributed by atoms with van der Waals surface area (Å²) in [4.78, 5) is 17.0. The van der Waals surface area contributed by atoms with Crippen LogP contribution in [0.2, 0.25) is 0 Å². The number of benzene rings is 1. The van der Waals surface area contributed by atoms with E-state index in [-0.39, 0.29) is 11.9 Å². The molecule has 0 aliphatic heterocycles. The fourth-order valence-corrected chi connectivity index (χ4v) is 3.46. The Balaban J connectivity index is 1.72. The van der Waals surface area contributed by atoms with Gasteiger partial charge in [0.25, 0.3) is 5.91 Å². The van der Waals surface area contributed by atoms with Gasteiger partial charge in [0.1, 0.15) is 11.4 Å². The zero-order valence-corrected chi connectivity index (χ0v) is 15.4. The quantitative estimate of drug-likeness (QED) is 0.866. The number of rotatable bonds is 5. The molecule has 5 nitrogen and oxygen atoms in total. The monoisotopic (exact) mass is 354 g/mol. The predicted octanol–water partition coefficient (Wildman–Crippen LogP) is 3.02. The number of methoxy groups -OCH3 is 1. The largest absolute Gasteiger partial charge is 0.497 e. The SMILES string of the molecule is COc1ccc(Cc2cc(C)nc(C(=O)NC3CCCC[C@@H]3O)c2)cc1. The fourth-order valence-electron chi connectivity index (χ4n) is 3.46. The van der Waals surface area contributed by atoms with Gasteiger partial charge in [-0.05, 0) is 61.6 Å². The molecule has 1 aliphatic rings. The highest BCUT2D eigenvalue weighted by Gasteiger charge is 2.25. The minimum absolute atomic E-state index is 0.177. The first-order valence-corrected chi connectivity index (χ1v) is 9.14. The number of nitrogens with one attached hydrogen (secondary N) is 1. The van der Waals surface area contributed by atoms with E-state index in [1.165, 1.54) is 0 Å². The Bertz CT molecular complexity index is 758. The number of hydrogen-bond acceptors (Lipinski definition) is 4. The Morgan fingerprint density at radius 3 is 2.62 bits per heavy atom. The van der Waals surface area contributed by atoms with Gasteiger partial charge >= 0.3 is 0 Å². The summed E-state index contributed by atoms with van der Waals surface area (Å²) in [5.41, 5.74) is 3.40. The van der Waals surface area contributed by atoms with E-state index in [1.807, 2.05) is 43.3 Å². The number of carbonyl (C=O) groups excluding carboxylic acids is 1. The number of amides is 1. The summed E-state index contributed by atoms with van der Waals surface area (Å²) in [7, 11) is 1.65. The average molecular weight is 354 g/mol. The van der Waals surface area contributed by atoms with Gasteiger partial charge in [-0.1, -0.05) is 25.0 Å². The maximum atomic E-state index is 12.6. The molecule has 26 heavy (non-hydrogen) atoms. The van der Waals surface area contributed by atoms with Crippen LogP contribution >= 0.6 is 0 Å². The highest BCUT2D eigenvalue weighted by molar-refractivity contribution is 5.92. The molecule has 2 aromatic rings. The summed E-state index contributed by atoms with van der Waals surface area (Å²) in [5, 5.41) is 13.0.